The lowest BCUT2D eigenvalue weighted by molar-refractivity contribution is -0.136. The highest BCUT2D eigenvalue weighted by Crippen LogP contribution is 2.31. The van der Waals surface area contributed by atoms with E-state index in [0.717, 1.165) is 56.6 Å². The third kappa shape index (κ3) is 4.08. The van der Waals surface area contributed by atoms with Crippen LogP contribution in [0.5, 0.6) is 0 Å². The van der Waals surface area contributed by atoms with Gasteiger partial charge in [-0.1, -0.05) is 12.1 Å². The van der Waals surface area contributed by atoms with Gasteiger partial charge in [0, 0.05) is 44.2 Å². The second-order valence-electron chi connectivity index (χ2n) is 10.4. The van der Waals surface area contributed by atoms with Gasteiger partial charge in [-0.3, -0.25) is 24.6 Å². The second-order valence-corrected chi connectivity index (χ2v) is 10.4. The van der Waals surface area contributed by atoms with Crippen molar-refractivity contribution in [2.45, 2.75) is 69.4 Å². The summed E-state index contributed by atoms with van der Waals surface area (Å²) >= 11 is 0. The SMILES string of the molecule is O=C1CCC(N2Cc3ccc(CN4CCC5C(C4)NC(=O)N5C4CCNCC4)cc3C2=O)C(=O)N1. The summed E-state index contributed by atoms with van der Waals surface area (Å²) in [7, 11) is 0. The van der Waals surface area contributed by atoms with Crippen LogP contribution in [-0.4, -0.2) is 88.8 Å². The average Bonchev–Trinajstić information content (AvgIpc) is 3.35. The zero-order chi connectivity index (χ0) is 24.1. The van der Waals surface area contributed by atoms with Crippen molar-refractivity contribution in [3.63, 3.8) is 0 Å². The maximum atomic E-state index is 13.1. The number of nitrogens with one attached hydrogen (secondary N) is 3. The molecule has 4 fully saturated rings. The Kier molecular flexibility index (Phi) is 5.72. The molecule has 1 aromatic carbocycles. The quantitative estimate of drug-likeness (QED) is 0.530. The number of imide groups is 1. The van der Waals surface area contributed by atoms with Gasteiger partial charge in [-0.2, -0.15) is 0 Å². The molecule has 186 valence electrons. The molecule has 10 nitrogen and oxygen atoms in total. The molecule has 4 saturated heterocycles. The summed E-state index contributed by atoms with van der Waals surface area (Å²) in [5, 5.41) is 8.95. The number of rotatable bonds is 4. The predicted molar refractivity (Wildman–Crippen MR) is 126 cm³/mol. The minimum Gasteiger partial charge on any atom is -0.332 e. The first-order valence-corrected chi connectivity index (χ1v) is 12.8. The van der Waals surface area contributed by atoms with E-state index in [2.05, 4.69) is 31.8 Å². The van der Waals surface area contributed by atoms with Gasteiger partial charge in [-0.05, 0) is 56.0 Å². The number of fused-ring (bicyclic) bond motifs is 2. The normalized spacial score (nSPS) is 29.8. The van der Waals surface area contributed by atoms with Crippen LogP contribution in [0.2, 0.25) is 0 Å². The first-order valence-electron chi connectivity index (χ1n) is 12.8. The molecule has 0 aromatic heterocycles. The minimum atomic E-state index is -0.594. The molecule has 5 heterocycles. The van der Waals surface area contributed by atoms with Gasteiger partial charge >= 0.3 is 6.03 Å². The van der Waals surface area contributed by atoms with Crippen molar-refractivity contribution in [3.8, 4) is 0 Å². The van der Waals surface area contributed by atoms with Gasteiger partial charge in [0.05, 0.1) is 12.1 Å². The lowest BCUT2D eigenvalue weighted by atomic mass is 9.95. The number of carbonyl (C=O) groups excluding carboxylic acids is 4. The molecule has 5 aliphatic rings. The molecule has 10 heteroatoms. The van der Waals surface area contributed by atoms with Crippen molar-refractivity contribution in [1.29, 1.82) is 0 Å². The van der Waals surface area contributed by atoms with E-state index < -0.39 is 6.04 Å². The summed E-state index contributed by atoms with van der Waals surface area (Å²) in [6.45, 7) is 4.75. The van der Waals surface area contributed by atoms with Crippen molar-refractivity contribution < 1.29 is 19.2 Å². The van der Waals surface area contributed by atoms with Crippen molar-refractivity contribution in [2.75, 3.05) is 26.2 Å². The van der Waals surface area contributed by atoms with Crippen LogP contribution < -0.4 is 16.0 Å². The first kappa shape index (κ1) is 22.5. The Hall–Kier alpha value is -2.98. The number of likely N-dealkylation sites (tertiary alicyclic amines) is 1. The number of benzene rings is 1. The molecule has 1 aromatic rings. The molecule has 3 N–H and O–H groups in total. The van der Waals surface area contributed by atoms with Crippen LogP contribution >= 0.6 is 0 Å². The molecule has 0 bridgehead atoms. The van der Waals surface area contributed by atoms with Crippen LogP contribution in [0.3, 0.4) is 0 Å². The molecular formula is C25H32N6O4. The average molecular weight is 481 g/mol. The Morgan fingerprint density at radius 2 is 1.83 bits per heavy atom. The van der Waals surface area contributed by atoms with E-state index in [-0.39, 0.29) is 42.3 Å². The van der Waals surface area contributed by atoms with Gasteiger partial charge in [0.25, 0.3) is 5.91 Å². The highest BCUT2D eigenvalue weighted by Gasteiger charge is 2.45. The van der Waals surface area contributed by atoms with E-state index in [1.165, 1.54) is 0 Å². The van der Waals surface area contributed by atoms with E-state index in [1.54, 1.807) is 4.90 Å². The number of urea groups is 1. The number of nitrogens with zero attached hydrogens (tertiary/aromatic N) is 3. The maximum Gasteiger partial charge on any atom is 0.318 e. The smallest absolute Gasteiger partial charge is 0.318 e. The number of hydrogen-bond donors (Lipinski definition) is 3. The van der Waals surface area contributed by atoms with Gasteiger partial charge in [0.2, 0.25) is 11.8 Å². The van der Waals surface area contributed by atoms with E-state index in [4.69, 9.17) is 0 Å². The van der Waals surface area contributed by atoms with Crippen molar-refractivity contribution in [3.05, 3.63) is 34.9 Å². The standard InChI is InChI=1S/C25H32N6O4/c32-22-4-3-21(23(33)28-22)30-13-16-2-1-15(11-18(16)24(30)34)12-29-10-7-20-19(14-29)27-25(35)31(20)17-5-8-26-9-6-17/h1-2,11,17,19-21,26H,3-10,12-14H2,(H,27,35)(H,28,32,33). The van der Waals surface area contributed by atoms with Gasteiger partial charge in [0.1, 0.15) is 6.04 Å². The molecule has 5 amide bonds. The van der Waals surface area contributed by atoms with Gasteiger partial charge in [0.15, 0.2) is 0 Å². The predicted octanol–water partition coefficient (Wildman–Crippen LogP) is 0.168. The molecule has 5 aliphatic heterocycles. The maximum absolute atomic E-state index is 13.1. The molecular weight excluding hydrogens is 448 g/mol. The Morgan fingerprint density at radius 3 is 2.63 bits per heavy atom. The Balaban J connectivity index is 1.10. The van der Waals surface area contributed by atoms with Crippen molar-refractivity contribution >= 4 is 23.8 Å². The van der Waals surface area contributed by atoms with Crippen molar-refractivity contribution in [1.82, 2.24) is 30.7 Å². The molecule has 0 radical (unpaired) electrons. The van der Waals surface area contributed by atoms with Crippen LogP contribution in [-0.2, 0) is 22.7 Å². The number of hydrogen-bond acceptors (Lipinski definition) is 6. The number of piperidine rings is 3. The van der Waals surface area contributed by atoms with E-state index in [9.17, 15) is 19.2 Å². The van der Waals surface area contributed by atoms with E-state index >= 15 is 0 Å². The van der Waals surface area contributed by atoms with Crippen LogP contribution in [0.15, 0.2) is 18.2 Å². The molecule has 35 heavy (non-hydrogen) atoms. The summed E-state index contributed by atoms with van der Waals surface area (Å²) in [4.78, 5) is 55.7. The summed E-state index contributed by atoms with van der Waals surface area (Å²) in [6.07, 6.45) is 3.59. The van der Waals surface area contributed by atoms with Crippen molar-refractivity contribution in [2.24, 2.45) is 0 Å². The largest absolute Gasteiger partial charge is 0.332 e. The minimum absolute atomic E-state index is 0.0745. The highest BCUT2D eigenvalue weighted by molar-refractivity contribution is 6.05. The van der Waals surface area contributed by atoms with Crippen LogP contribution in [0.1, 0.15) is 53.6 Å². The van der Waals surface area contributed by atoms with E-state index in [0.29, 0.717) is 31.1 Å². The number of amides is 5. The molecule has 6 rings (SSSR count). The molecule has 0 aliphatic carbocycles. The molecule has 3 unspecified atom stereocenters. The lowest BCUT2D eigenvalue weighted by Crippen LogP contribution is -2.53. The second kappa shape index (κ2) is 8.91. The summed E-state index contributed by atoms with van der Waals surface area (Å²) in [5.41, 5.74) is 2.62. The fourth-order valence-corrected chi connectivity index (χ4v) is 6.49. The zero-order valence-corrected chi connectivity index (χ0v) is 19.8. The summed E-state index contributed by atoms with van der Waals surface area (Å²) < 4.78 is 0. The van der Waals surface area contributed by atoms with Gasteiger partial charge in [-0.25, -0.2) is 4.79 Å². The van der Waals surface area contributed by atoms with E-state index in [1.807, 2.05) is 12.1 Å². The molecule has 0 saturated carbocycles. The van der Waals surface area contributed by atoms with Crippen LogP contribution in [0.25, 0.3) is 0 Å². The zero-order valence-electron chi connectivity index (χ0n) is 19.8. The van der Waals surface area contributed by atoms with Crippen LogP contribution in [0.4, 0.5) is 4.79 Å². The fourth-order valence-electron chi connectivity index (χ4n) is 6.49. The number of carbonyl (C=O) groups is 4. The summed E-state index contributed by atoms with van der Waals surface area (Å²) in [6, 6.07) is 6.18. The van der Waals surface area contributed by atoms with Gasteiger partial charge < -0.3 is 20.4 Å². The Labute approximate surface area is 204 Å². The molecule has 0 spiro atoms. The molecule has 3 atom stereocenters. The highest BCUT2D eigenvalue weighted by atomic mass is 16.2. The first-order chi connectivity index (χ1) is 17.0. The lowest BCUT2D eigenvalue weighted by Gasteiger charge is -2.40. The monoisotopic (exact) mass is 480 g/mol. The topological polar surface area (TPSA) is 114 Å². The third-order valence-electron chi connectivity index (χ3n) is 8.26. The summed E-state index contributed by atoms with van der Waals surface area (Å²) in [5.74, 6) is -0.808. The van der Waals surface area contributed by atoms with Crippen LogP contribution in [0, 0.1) is 0 Å². The Bertz CT molecular complexity index is 1070. The Morgan fingerprint density at radius 1 is 1.00 bits per heavy atom. The third-order valence-corrected chi connectivity index (χ3v) is 8.26. The fraction of sp³-hybridized carbons (Fsp3) is 0.600. The van der Waals surface area contributed by atoms with Gasteiger partial charge in [-0.15, -0.1) is 0 Å².